The minimum absolute atomic E-state index is 0.153. The molecule has 3 aliphatic carbocycles. The Morgan fingerprint density at radius 2 is 1.67 bits per heavy atom. The number of hydrogen-bond donors (Lipinski definition) is 2. The highest BCUT2D eigenvalue weighted by Crippen LogP contribution is 2.46. The van der Waals surface area contributed by atoms with E-state index in [0.29, 0.717) is 25.3 Å². The lowest BCUT2D eigenvalue weighted by Crippen LogP contribution is -2.61. The smallest absolute Gasteiger partial charge is 0.335 e. The van der Waals surface area contributed by atoms with Gasteiger partial charge in [0.1, 0.15) is 5.82 Å². The minimum Gasteiger partial charge on any atom is -0.335 e. The van der Waals surface area contributed by atoms with Crippen LogP contribution in [0, 0.1) is 17.7 Å². The van der Waals surface area contributed by atoms with Crippen molar-refractivity contribution in [2.45, 2.75) is 50.0 Å². The van der Waals surface area contributed by atoms with E-state index in [9.17, 15) is 22.4 Å². The Bertz CT molecular complexity index is 1000. The molecule has 3 atom stereocenters. The molecule has 4 aliphatic rings. The monoisotopic (exact) mass is 461 g/mol. The lowest BCUT2D eigenvalue weighted by Gasteiger charge is -2.52. The molecule has 1 heterocycles. The fourth-order valence-corrected chi connectivity index (χ4v) is 5.73. The van der Waals surface area contributed by atoms with E-state index < -0.39 is 12.7 Å². The van der Waals surface area contributed by atoms with Crippen LogP contribution in [0.2, 0.25) is 0 Å². The van der Waals surface area contributed by atoms with Gasteiger partial charge >= 0.3 is 12.2 Å². The Morgan fingerprint density at radius 3 is 2.39 bits per heavy atom. The van der Waals surface area contributed by atoms with Crippen molar-refractivity contribution in [2.75, 3.05) is 13.1 Å². The van der Waals surface area contributed by atoms with Gasteiger partial charge in [0.15, 0.2) is 0 Å². The second-order valence-electron chi connectivity index (χ2n) is 9.48. The largest absolute Gasteiger partial charge is 0.401 e. The van der Waals surface area contributed by atoms with Crippen molar-refractivity contribution in [2.24, 2.45) is 11.8 Å². The number of nitrogens with one attached hydrogen (secondary N) is 2. The molecule has 0 radical (unpaired) electrons. The molecule has 2 aromatic carbocycles. The number of benzene rings is 2. The molecular formula is C25H27F4N3O. The topological polar surface area (TPSA) is 44.4 Å². The van der Waals surface area contributed by atoms with Gasteiger partial charge in [-0.1, -0.05) is 36.4 Å². The van der Waals surface area contributed by atoms with E-state index >= 15 is 0 Å². The molecule has 0 unspecified atom stereocenters. The van der Waals surface area contributed by atoms with Crippen LogP contribution >= 0.6 is 0 Å². The van der Waals surface area contributed by atoms with Gasteiger partial charge in [0.05, 0.1) is 12.6 Å². The molecule has 8 heteroatoms. The van der Waals surface area contributed by atoms with Crippen LogP contribution in [0.15, 0.2) is 48.5 Å². The van der Waals surface area contributed by atoms with E-state index in [1.54, 1.807) is 17.0 Å². The second kappa shape index (κ2) is 8.63. The van der Waals surface area contributed by atoms with Gasteiger partial charge in [-0.25, -0.2) is 9.18 Å². The lowest BCUT2D eigenvalue weighted by molar-refractivity contribution is -0.129. The summed E-state index contributed by atoms with van der Waals surface area (Å²) in [6.45, 7) is -0.490. The molecular weight excluding hydrogens is 434 g/mol. The van der Waals surface area contributed by atoms with Crippen LogP contribution < -0.4 is 10.6 Å². The maximum atomic E-state index is 13.6. The van der Waals surface area contributed by atoms with E-state index in [4.69, 9.17) is 0 Å². The van der Waals surface area contributed by atoms with Gasteiger partial charge in [-0.2, -0.15) is 13.2 Å². The minimum atomic E-state index is -4.25. The summed E-state index contributed by atoms with van der Waals surface area (Å²) < 4.78 is 51.6. The first kappa shape index (κ1) is 22.2. The van der Waals surface area contributed by atoms with E-state index in [1.165, 1.54) is 12.1 Å². The zero-order chi connectivity index (χ0) is 23.2. The van der Waals surface area contributed by atoms with Gasteiger partial charge < -0.3 is 15.5 Å². The number of nitrogens with zero attached hydrogens (tertiary/aromatic N) is 1. The van der Waals surface area contributed by atoms with Crippen LogP contribution in [0.4, 0.5) is 22.4 Å². The normalized spacial score (nSPS) is 28.6. The van der Waals surface area contributed by atoms with E-state index in [0.717, 1.165) is 29.5 Å². The molecule has 0 spiro atoms. The van der Waals surface area contributed by atoms with Crippen LogP contribution in [-0.2, 0) is 6.42 Å². The van der Waals surface area contributed by atoms with Crippen molar-refractivity contribution in [3.63, 3.8) is 0 Å². The molecule has 2 aromatic rings. The summed E-state index contributed by atoms with van der Waals surface area (Å²) in [5.74, 6) is 0.224. The fourth-order valence-electron chi connectivity index (χ4n) is 5.73. The summed E-state index contributed by atoms with van der Waals surface area (Å²) in [6, 6.07) is 13.2. The maximum absolute atomic E-state index is 13.6. The summed E-state index contributed by atoms with van der Waals surface area (Å²) in [6.07, 6.45) is -1.35. The van der Waals surface area contributed by atoms with Crippen LogP contribution in [0.25, 0.3) is 0 Å². The molecule has 6 rings (SSSR count). The predicted molar refractivity (Wildman–Crippen MR) is 116 cm³/mol. The van der Waals surface area contributed by atoms with Gasteiger partial charge in [0, 0.05) is 18.6 Å². The van der Waals surface area contributed by atoms with Gasteiger partial charge in [-0.15, -0.1) is 0 Å². The van der Waals surface area contributed by atoms with Crippen molar-refractivity contribution < 1.29 is 22.4 Å². The Morgan fingerprint density at radius 1 is 0.970 bits per heavy atom. The van der Waals surface area contributed by atoms with Gasteiger partial charge in [-0.05, 0) is 66.3 Å². The van der Waals surface area contributed by atoms with Crippen molar-refractivity contribution >= 4 is 6.03 Å². The molecule has 2 N–H and O–H groups in total. The summed E-state index contributed by atoms with van der Waals surface area (Å²) >= 11 is 0. The number of alkyl halides is 3. The van der Waals surface area contributed by atoms with Crippen LogP contribution in [0.1, 0.15) is 42.0 Å². The molecule has 0 saturated heterocycles. The molecule has 0 aromatic heterocycles. The van der Waals surface area contributed by atoms with Crippen molar-refractivity contribution in [3.8, 4) is 0 Å². The molecule has 33 heavy (non-hydrogen) atoms. The Hall–Kier alpha value is -2.61. The quantitative estimate of drug-likeness (QED) is 0.643. The molecule has 2 amide bonds. The van der Waals surface area contributed by atoms with Crippen LogP contribution in [-0.4, -0.2) is 42.3 Å². The second-order valence-corrected chi connectivity index (χ2v) is 9.48. The predicted octanol–water partition coefficient (Wildman–Crippen LogP) is 4.80. The Balaban J connectivity index is 1.33. The van der Waals surface area contributed by atoms with Crippen LogP contribution in [0.5, 0.6) is 0 Å². The summed E-state index contributed by atoms with van der Waals surface area (Å²) in [7, 11) is 0. The average Bonchev–Trinajstić information content (AvgIpc) is 2.76. The molecule has 1 aliphatic heterocycles. The molecule has 2 bridgehead atoms. The zero-order valence-electron chi connectivity index (χ0n) is 18.1. The third-order valence-corrected chi connectivity index (χ3v) is 7.46. The van der Waals surface area contributed by atoms with Crippen LogP contribution in [0.3, 0.4) is 0 Å². The highest BCUT2D eigenvalue weighted by Gasteiger charge is 2.47. The third-order valence-electron chi connectivity index (χ3n) is 7.46. The van der Waals surface area contributed by atoms with Gasteiger partial charge in [0.25, 0.3) is 0 Å². The number of halogens is 4. The lowest BCUT2D eigenvalue weighted by atomic mass is 9.60. The Labute approximate surface area is 190 Å². The van der Waals surface area contributed by atoms with Crippen molar-refractivity contribution in [1.29, 1.82) is 0 Å². The maximum Gasteiger partial charge on any atom is 0.401 e. The van der Waals surface area contributed by atoms with E-state index in [-0.39, 0.29) is 35.9 Å². The summed E-state index contributed by atoms with van der Waals surface area (Å²) in [5.41, 5.74) is 3.00. The standard InChI is InChI=1S/C25H27F4N3O/c26-19-7-5-16(6-8-19)23-20-4-2-1-3-15(20)9-10-32(23)24(33)31-22-13-21(17-11-18(22)12-17)30-14-25(27,28)29/h1-8,17-18,21-23,30H,9-14H2,(H,31,33)/t17?,18?,21-,22+,23-/m0/s1. The Kier molecular flexibility index (Phi) is 5.80. The summed E-state index contributed by atoms with van der Waals surface area (Å²) in [5, 5.41) is 5.80. The first-order valence-electron chi connectivity index (χ1n) is 11.5. The first-order valence-corrected chi connectivity index (χ1v) is 11.5. The number of rotatable bonds is 4. The highest BCUT2D eigenvalue weighted by atomic mass is 19.4. The zero-order valence-corrected chi connectivity index (χ0v) is 18.1. The van der Waals surface area contributed by atoms with Gasteiger partial charge in [0.2, 0.25) is 0 Å². The summed E-state index contributed by atoms with van der Waals surface area (Å²) in [4.78, 5) is 15.2. The number of carbonyl (C=O) groups is 1. The first-order chi connectivity index (χ1) is 15.8. The van der Waals surface area contributed by atoms with E-state index in [2.05, 4.69) is 10.6 Å². The molecule has 176 valence electrons. The number of carbonyl (C=O) groups excluding carboxylic acids is 1. The number of fused-ring (bicyclic) bond motifs is 3. The number of urea groups is 1. The third kappa shape index (κ3) is 4.58. The highest BCUT2D eigenvalue weighted by molar-refractivity contribution is 5.76. The molecule has 3 saturated carbocycles. The number of amides is 2. The number of hydrogen-bond acceptors (Lipinski definition) is 2. The molecule has 3 fully saturated rings. The molecule has 4 nitrogen and oxygen atoms in total. The average molecular weight is 462 g/mol. The SMILES string of the molecule is O=C(N[C@@H]1C[C@H](NCC(F)(F)F)C2CC1C2)N1CCc2ccccc2[C@@H]1c1ccc(F)cc1. The van der Waals surface area contributed by atoms with Crippen molar-refractivity contribution in [1.82, 2.24) is 15.5 Å². The van der Waals surface area contributed by atoms with Crippen molar-refractivity contribution in [3.05, 3.63) is 71.0 Å². The van der Waals surface area contributed by atoms with E-state index in [1.807, 2.05) is 24.3 Å². The fraction of sp³-hybridized carbons (Fsp3) is 0.480. The van der Waals surface area contributed by atoms with Gasteiger partial charge in [-0.3, -0.25) is 0 Å².